The minimum Gasteiger partial charge on any atom is -0.353 e. The molecule has 1 aliphatic heterocycles. The van der Waals surface area contributed by atoms with E-state index >= 15 is 0 Å². The lowest BCUT2D eigenvalue weighted by Crippen LogP contribution is -2.37. The van der Waals surface area contributed by atoms with Crippen LogP contribution in [0.3, 0.4) is 0 Å². The molecule has 1 fully saturated rings. The maximum absolute atomic E-state index is 4.84. The number of aromatic nitrogens is 2. The molecule has 0 amide bonds. The van der Waals surface area contributed by atoms with Gasteiger partial charge in [-0.15, -0.1) is 11.3 Å². The molecule has 1 saturated heterocycles. The highest BCUT2D eigenvalue weighted by atomic mass is 32.2. The molecule has 1 unspecified atom stereocenters. The molecular weight excluding hydrogens is 276 g/mol. The van der Waals surface area contributed by atoms with E-state index in [9.17, 15) is 0 Å². The molecule has 1 aliphatic rings. The summed E-state index contributed by atoms with van der Waals surface area (Å²) in [6, 6.07) is 0. The fraction of sp³-hybridized carbons (Fsp3) is 0.615. The van der Waals surface area contributed by atoms with E-state index in [-0.39, 0.29) is 0 Å². The van der Waals surface area contributed by atoms with Gasteiger partial charge in [-0.3, -0.25) is 4.40 Å². The number of thioether (sulfide) groups is 1. The smallest absolute Gasteiger partial charge is 0.195 e. The summed E-state index contributed by atoms with van der Waals surface area (Å²) in [6.45, 7) is 8.54. The van der Waals surface area contributed by atoms with Crippen LogP contribution in [0.25, 0.3) is 4.96 Å². The van der Waals surface area contributed by atoms with Crippen molar-refractivity contribution in [3.63, 3.8) is 0 Å². The van der Waals surface area contributed by atoms with E-state index in [1.807, 2.05) is 0 Å². The first-order chi connectivity index (χ1) is 9.29. The van der Waals surface area contributed by atoms with Crippen molar-refractivity contribution in [3.8, 4) is 0 Å². The minimum atomic E-state index is 0.695. The average Bonchev–Trinajstić information content (AvgIpc) is 2.97. The molecule has 0 radical (unpaired) electrons. The molecule has 0 aliphatic carbocycles. The van der Waals surface area contributed by atoms with E-state index in [1.54, 1.807) is 11.3 Å². The van der Waals surface area contributed by atoms with Gasteiger partial charge in [0.15, 0.2) is 10.8 Å². The fourth-order valence-electron chi connectivity index (χ4n) is 2.49. The Morgan fingerprint density at radius 3 is 3.21 bits per heavy atom. The molecule has 0 bridgehead atoms. The summed E-state index contributed by atoms with van der Waals surface area (Å²) >= 11 is 3.77. The van der Waals surface area contributed by atoms with Gasteiger partial charge in [-0.05, 0) is 6.54 Å². The van der Waals surface area contributed by atoms with Crippen LogP contribution in [-0.2, 0) is 6.54 Å². The zero-order valence-electron chi connectivity index (χ0n) is 11.4. The molecular formula is C13H20N4S2. The standard InChI is InChI=1S/C13H20N4S2/c1-3-14-8-11-12(15-13-17(11)5-7-19-13)16-4-6-18-10(2)9-16/h5,7,10,14H,3-4,6,8-9H2,1-2H3. The number of imidazole rings is 1. The van der Waals surface area contributed by atoms with Gasteiger partial charge in [-0.2, -0.15) is 11.8 Å². The van der Waals surface area contributed by atoms with Crippen LogP contribution in [0.2, 0.25) is 0 Å². The number of rotatable bonds is 4. The number of fused-ring (bicyclic) bond motifs is 1. The molecule has 0 spiro atoms. The van der Waals surface area contributed by atoms with Gasteiger partial charge in [0.05, 0.1) is 5.69 Å². The largest absolute Gasteiger partial charge is 0.353 e. The first kappa shape index (κ1) is 13.3. The Morgan fingerprint density at radius 2 is 2.42 bits per heavy atom. The van der Waals surface area contributed by atoms with Gasteiger partial charge in [-0.1, -0.05) is 13.8 Å². The molecule has 3 heterocycles. The van der Waals surface area contributed by atoms with Crippen LogP contribution in [-0.4, -0.2) is 40.0 Å². The predicted octanol–water partition coefficient (Wildman–Crippen LogP) is 2.45. The number of thiazole rings is 1. The van der Waals surface area contributed by atoms with Crippen LogP contribution < -0.4 is 10.2 Å². The third kappa shape index (κ3) is 2.61. The lowest BCUT2D eigenvalue weighted by Gasteiger charge is -2.31. The zero-order valence-corrected chi connectivity index (χ0v) is 13.1. The number of hydrogen-bond donors (Lipinski definition) is 1. The highest BCUT2D eigenvalue weighted by molar-refractivity contribution is 8.00. The molecule has 6 heteroatoms. The van der Waals surface area contributed by atoms with Crippen LogP contribution in [0.1, 0.15) is 19.5 Å². The van der Waals surface area contributed by atoms with Crippen molar-refractivity contribution in [2.75, 3.05) is 30.3 Å². The quantitative estimate of drug-likeness (QED) is 0.939. The van der Waals surface area contributed by atoms with Crippen molar-refractivity contribution in [3.05, 3.63) is 17.3 Å². The van der Waals surface area contributed by atoms with Crippen LogP contribution in [0, 0.1) is 0 Å². The second kappa shape index (κ2) is 5.73. The Kier molecular flexibility index (Phi) is 4.00. The zero-order chi connectivity index (χ0) is 13.2. The maximum Gasteiger partial charge on any atom is 0.195 e. The molecule has 0 saturated carbocycles. The predicted molar refractivity (Wildman–Crippen MR) is 84.6 cm³/mol. The van der Waals surface area contributed by atoms with Gasteiger partial charge < -0.3 is 10.2 Å². The Bertz CT molecular complexity index is 548. The second-order valence-corrected chi connectivity index (χ2v) is 7.26. The van der Waals surface area contributed by atoms with Crippen molar-refractivity contribution < 1.29 is 0 Å². The minimum absolute atomic E-state index is 0.695. The summed E-state index contributed by atoms with van der Waals surface area (Å²) < 4.78 is 2.23. The Labute approximate surface area is 122 Å². The fourth-order valence-corrected chi connectivity index (χ4v) is 4.23. The summed E-state index contributed by atoms with van der Waals surface area (Å²) in [5.41, 5.74) is 1.30. The lowest BCUT2D eigenvalue weighted by molar-refractivity contribution is 0.695. The highest BCUT2D eigenvalue weighted by Gasteiger charge is 2.23. The third-order valence-electron chi connectivity index (χ3n) is 3.42. The van der Waals surface area contributed by atoms with Crippen molar-refractivity contribution >= 4 is 33.9 Å². The number of anilines is 1. The molecule has 3 rings (SSSR count). The highest BCUT2D eigenvalue weighted by Crippen LogP contribution is 2.28. The summed E-state index contributed by atoms with van der Waals surface area (Å²) in [7, 11) is 0. The lowest BCUT2D eigenvalue weighted by atomic mass is 10.3. The van der Waals surface area contributed by atoms with Crippen LogP contribution >= 0.6 is 23.1 Å². The normalized spacial score (nSPS) is 20.3. The number of nitrogens with one attached hydrogen (secondary N) is 1. The topological polar surface area (TPSA) is 32.6 Å². The first-order valence-electron chi connectivity index (χ1n) is 6.81. The monoisotopic (exact) mass is 296 g/mol. The summed E-state index contributed by atoms with van der Waals surface area (Å²) in [5, 5.41) is 6.24. The molecule has 104 valence electrons. The number of hydrogen-bond acceptors (Lipinski definition) is 5. The van der Waals surface area contributed by atoms with Gasteiger partial charge in [0, 0.05) is 42.2 Å². The van der Waals surface area contributed by atoms with E-state index in [0.29, 0.717) is 5.25 Å². The molecule has 4 nitrogen and oxygen atoms in total. The van der Waals surface area contributed by atoms with E-state index in [0.717, 1.165) is 31.1 Å². The molecule has 0 aromatic carbocycles. The van der Waals surface area contributed by atoms with E-state index < -0.39 is 0 Å². The molecule has 1 atom stereocenters. The molecule has 1 N–H and O–H groups in total. The summed E-state index contributed by atoms with van der Waals surface area (Å²) in [4.78, 5) is 8.40. The maximum atomic E-state index is 4.84. The average molecular weight is 296 g/mol. The van der Waals surface area contributed by atoms with Gasteiger partial charge in [-0.25, -0.2) is 4.98 Å². The van der Waals surface area contributed by atoms with E-state index in [2.05, 4.69) is 51.8 Å². The second-order valence-electron chi connectivity index (χ2n) is 4.85. The summed E-state index contributed by atoms with van der Waals surface area (Å²) in [6.07, 6.45) is 2.13. The summed E-state index contributed by atoms with van der Waals surface area (Å²) in [5.74, 6) is 2.38. The van der Waals surface area contributed by atoms with Crippen molar-refractivity contribution in [1.29, 1.82) is 0 Å². The van der Waals surface area contributed by atoms with Crippen molar-refractivity contribution in [2.24, 2.45) is 0 Å². The third-order valence-corrected chi connectivity index (χ3v) is 5.32. The van der Waals surface area contributed by atoms with Gasteiger partial charge >= 0.3 is 0 Å². The van der Waals surface area contributed by atoms with Crippen molar-refractivity contribution in [2.45, 2.75) is 25.6 Å². The number of nitrogens with zero attached hydrogens (tertiary/aromatic N) is 3. The molecule has 2 aromatic heterocycles. The Hall–Kier alpha value is -0.720. The van der Waals surface area contributed by atoms with Crippen LogP contribution in [0.4, 0.5) is 5.82 Å². The Morgan fingerprint density at radius 1 is 1.53 bits per heavy atom. The molecule has 2 aromatic rings. The van der Waals surface area contributed by atoms with Crippen LogP contribution in [0.15, 0.2) is 11.6 Å². The van der Waals surface area contributed by atoms with Crippen LogP contribution in [0.5, 0.6) is 0 Å². The van der Waals surface area contributed by atoms with Gasteiger partial charge in [0.25, 0.3) is 0 Å². The van der Waals surface area contributed by atoms with E-state index in [1.165, 1.54) is 17.3 Å². The first-order valence-corrected chi connectivity index (χ1v) is 8.74. The molecule has 19 heavy (non-hydrogen) atoms. The van der Waals surface area contributed by atoms with Gasteiger partial charge in [0.2, 0.25) is 0 Å². The SMILES string of the molecule is CCNCc1c(N2CCSC(C)C2)nc2sccn12. The van der Waals surface area contributed by atoms with Crippen molar-refractivity contribution in [1.82, 2.24) is 14.7 Å². The van der Waals surface area contributed by atoms with E-state index in [4.69, 9.17) is 4.98 Å². The van der Waals surface area contributed by atoms with Gasteiger partial charge in [0.1, 0.15) is 0 Å². The Balaban J connectivity index is 1.94.